The molecule has 25 heavy (non-hydrogen) atoms. The molecule has 0 radical (unpaired) electrons. The van der Waals surface area contributed by atoms with E-state index in [9.17, 15) is 24.6 Å². The Labute approximate surface area is 146 Å². The van der Waals surface area contributed by atoms with Crippen LogP contribution in [-0.4, -0.2) is 32.5 Å². The summed E-state index contributed by atoms with van der Waals surface area (Å²) in [5.74, 6) is -5.47. The Bertz CT molecular complexity index is 651. The molecule has 0 unspecified atom stereocenters. The number of carboxylic acids is 2. The van der Waals surface area contributed by atoms with Gasteiger partial charge in [0.25, 0.3) is 0 Å². The zero-order valence-corrected chi connectivity index (χ0v) is 14.3. The maximum atomic E-state index is 13.1. The lowest BCUT2D eigenvalue weighted by Crippen LogP contribution is -2.48. The normalized spacial score (nSPS) is 20.7. The first kappa shape index (κ1) is 17.7. The molecule has 0 bridgehead atoms. The predicted molar refractivity (Wildman–Crippen MR) is 90.5 cm³/mol. The number of ketones is 1. The Morgan fingerprint density at radius 3 is 2.16 bits per heavy atom. The molecule has 2 N–H and O–H groups in total. The van der Waals surface area contributed by atoms with Crippen LogP contribution in [0, 0.1) is 5.92 Å². The molecule has 3 rings (SSSR count). The fraction of sp³-hybridized carbons (Fsp3) is 0.632. The van der Waals surface area contributed by atoms with Gasteiger partial charge in [0, 0.05) is 11.9 Å². The summed E-state index contributed by atoms with van der Waals surface area (Å²) >= 11 is 0. The van der Waals surface area contributed by atoms with Crippen molar-refractivity contribution in [1.82, 2.24) is 4.57 Å². The average Bonchev–Trinajstić information content (AvgIpc) is 3.25. The second-order valence-corrected chi connectivity index (χ2v) is 7.35. The van der Waals surface area contributed by atoms with Crippen LogP contribution in [0.1, 0.15) is 69.4 Å². The SMILES string of the molecule is O=C(O)C(C(=O)O)C(=O)C1(n2cccc2C2CCCCC2)CCCC1. The lowest BCUT2D eigenvalue weighted by atomic mass is 9.81. The van der Waals surface area contributed by atoms with Crippen LogP contribution in [-0.2, 0) is 19.9 Å². The fourth-order valence-electron chi connectivity index (χ4n) is 4.68. The van der Waals surface area contributed by atoms with Gasteiger partial charge < -0.3 is 14.8 Å². The number of Topliss-reactive ketones (excluding diaryl/α,β-unsaturated/α-hetero) is 1. The summed E-state index contributed by atoms with van der Waals surface area (Å²) in [6, 6.07) is 3.91. The lowest BCUT2D eigenvalue weighted by molar-refractivity contribution is -0.160. The van der Waals surface area contributed by atoms with E-state index in [1.165, 1.54) is 6.42 Å². The quantitative estimate of drug-likeness (QED) is 0.771. The molecule has 2 saturated carbocycles. The zero-order chi connectivity index (χ0) is 18.0. The maximum absolute atomic E-state index is 13.1. The Hall–Kier alpha value is -2.11. The van der Waals surface area contributed by atoms with Crippen molar-refractivity contribution >= 4 is 17.7 Å². The minimum atomic E-state index is -2.00. The van der Waals surface area contributed by atoms with Gasteiger partial charge in [0.1, 0.15) is 5.54 Å². The zero-order valence-electron chi connectivity index (χ0n) is 14.3. The van der Waals surface area contributed by atoms with Crippen LogP contribution in [0.3, 0.4) is 0 Å². The van der Waals surface area contributed by atoms with Crippen molar-refractivity contribution in [3.05, 3.63) is 24.0 Å². The summed E-state index contributed by atoms with van der Waals surface area (Å²) in [4.78, 5) is 36.0. The van der Waals surface area contributed by atoms with Crippen LogP contribution in [0.4, 0.5) is 0 Å². The summed E-state index contributed by atoms with van der Waals surface area (Å²) in [5, 5.41) is 18.6. The number of carboxylic acid groups (broad SMARTS) is 2. The third-order valence-electron chi connectivity index (χ3n) is 5.91. The van der Waals surface area contributed by atoms with Gasteiger partial charge in [0.2, 0.25) is 5.92 Å². The van der Waals surface area contributed by atoms with Crippen LogP contribution >= 0.6 is 0 Å². The molecule has 2 fully saturated rings. The first-order valence-corrected chi connectivity index (χ1v) is 9.15. The number of rotatable bonds is 6. The Balaban J connectivity index is 2.01. The van der Waals surface area contributed by atoms with Gasteiger partial charge in [-0.05, 0) is 43.7 Å². The highest BCUT2D eigenvalue weighted by atomic mass is 16.4. The summed E-state index contributed by atoms with van der Waals surface area (Å²) in [6.45, 7) is 0. The van der Waals surface area contributed by atoms with E-state index in [-0.39, 0.29) is 0 Å². The average molecular weight is 347 g/mol. The van der Waals surface area contributed by atoms with Gasteiger partial charge in [-0.1, -0.05) is 32.1 Å². The van der Waals surface area contributed by atoms with E-state index in [2.05, 4.69) is 0 Å². The molecule has 0 aromatic carbocycles. The number of aliphatic carboxylic acids is 2. The summed E-state index contributed by atoms with van der Waals surface area (Å²) < 4.78 is 1.93. The molecule has 2 aliphatic carbocycles. The van der Waals surface area contributed by atoms with Crippen molar-refractivity contribution in [2.24, 2.45) is 5.92 Å². The Kier molecular flexibility index (Phi) is 4.97. The molecule has 6 nitrogen and oxygen atoms in total. The van der Waals surface area contributed by atoms with Crippen LogP contribution < -0.4 is 0 Å². The number of carbonyl (C=O) groups excluding carboxylic acids is 1. The van der Waals surface area contributed by atoms with Crippen LogP contribution in [0.2, 0.25) is 0 Å². The molecule has 6 heteroatoms. The van der Waals surface area contributed by atoms with E-state index in [0.717, 1.165) is 44.2 Å². The molecule has 0 atom stereocenters. The molecule has 1 aromatic heterocycles. The van der Waals surface area contributed by atoms with Gasteiger partial charge in [0.15, 0.2) is 5.78 Å². The van der Waals surface area contributed by atoms with Gasteiger partial charge in [-0.15, -0.1) is 0 Å². The van der Waals surface area contributed by atoms with Crippen molar-refractivity contribution in [2.75, 3.05) is 0 Å². The van der Waals surface area contributed by atoms with Gasteiger partial charge in [-0.25, -0.2) is 0 Å². The molecule has 0 spiro atoms. The molecule has 0 amide bonds. The topological polar surface area (TPSA) is 96.6 Å². The van der Waals surface area contributed by atoms with Crippen molar-refractivity contribution < 1.29 is 24.6 Å². The largest absolute Gasteiger partial charge is 0.480 e. The molecule has 1 aromatic rings. The number of hydrogen-bond acceptors (Lipinski definition) is 3. The Morgan fingerprint density at radius 2 is 1.60 bits per heavy atom. The standard InChI is InChI=1S/C19H25NO5/c21-16(15(17(22)23)18(24)25)19(10-4-5-11-19)20-12-6-9-14(20)13-7-2-1-3-8-13/h6,9,12-13,15H,1-5,7-8,10-11H2,(H,22,23)(H,24,25). The third kappa shape index (κ3) is 3.10. The smallest absolute Gasteiger partial charge is 0.325 e. The summed E-state index contributed by atoms with van der Waals surface area (Å²) in [6.07, 6.45) is 10.1. The molecule has 0 aliphatic heterocycles. The van der Waals surface area contributed by atoms with Crippen molar-refractivity contribution in [3.8, 4) is 0 Å². The van der Waals surface area contributed by atoms with Crippen LogP contribution in [0.25, 0.3) is 0 Å². The van der Waals surface area contributed by atoms with Crippen molar-refractivity contribution in [3.63, 3.8) is 0 Å². The lowest BCUT2D eigenvalue weighted by Gasteiger charge is -2.35. The van der Waals surface area contributed by atoms with Crippen LogP contribution in [0.5, 0.6) is 0 Å². The summed E-state index contributed by atoms with van der Waals surface area (Å²) in [7, 11) is 0. The number of nitrogens with zero attached hydrogens (tertiary/aromatic N) is 1. The number of hydrogen-bond donors (Lipinski definition) is 2. The van der Waals surface area contributed by atoms with Crippen LogP contribution in [0.15, 0.2) is 18.3 Å². The fourth-order valence-corrected chi connectivity index (χ4v) is 4.68. The van der Waals surface area contributed by atoms with E-state index in [4.69, 9.17) is 0 Å². The highest BCUT2D eigenvalue weighted by Gasteiger charge is 2.51. The van der Waals surface area contributed by atoms with Gasteiger partial charge in [-0.3, -0.25) is 14.4 Å². The Morgan fingerprint density at radius 1 is 1.00 bits per heavy atom. The van der Waals surface area contributed by atoms with E-state index >= 15 is 0 Å². The number of aromatic nitrogens is 1. The number of carbonyl (C=O) groups is 3. The minimum Gasteiger partial charge on any atom is -0.480 e. The van der Waals surface area contributed by atoms with E-state index < -0.39 is 29.2 Å². The van der Waals surface area contributed by atoms with E-state index in [0.29, 0.717) is 18.8 Å². The highest BCUT2D eigenvalue weighted by Crippen LogP contribution is 2.43. The third-order valence-corrected chi connectivity index (χ3v) is 5.91. The highest BCUT2D eigenvalue weighted by molar-refractivity contribution is 6.16. The first-order chi connectivity index (χ1) is 12.0. The molecular formula is C19H25NO5. The minimum absolute atomic E-state index is 0.363. The second kappa shape index (κ2) is 7.02. The van der Waals surface area contributed by atoms with Gasteiger partial charge in [0.05, 0.1) is 0 Å². The van der Waals surface area contributed by atoms with E-state index in [1.54, 1.807) is 0 Å². The molecular weight excluding hydrogens is 322 g/mol. The summed E-state index contributed by atoms with van der Waals surface area (Å²) in [5.41, 5.74) is 0.0297. The molecule has 0 saturated heterocycles. The van der Waals surface area contributed by atoms with E-state index in [1.807, 2.05) is 22.9 Å². The van der Waals surface area contributed by atoms with Gasteiger partial charge in [-0.2, -0.15) is 0 Å². The molecule has 136 valence electrons. The van der Waals surface area contributed by atoms with Crippen molar-refractivity contribution in [2.45, 2.75) is 69.2 Å². The van der Waals surface area contributed by atoms with Crippen molar-refractivity contribution in [1.29, 1.82) is 0 Å². The maximum Gasteiger partial charge on any atom is 0.325 e. The molecule has 2 aliphatic rings. The molecule has 1 heterocycles. The monoisotopic (exact) mass is 347 g/mol. The second-order valence-electron chi connectivity index (χ2n) is 7.35. The van der Waals surface area contributed by atoms with Gasteiger partial charge >= 0.3 is 11.9 Å². The first-order valence-electron chi connectivity index (χ1n) is 9.15. The predicted octanol–water partition coefficient (Wildman–Crippen LogP) is 3.16.